The summed E-state index contributed by atoms with van der Waals surface area (Å²) in [6.07, 6.45) is 5.89. The predicted octanol–water partition coefficient (Wildman–Crippen LogP) is 3.42. The van der Waals surface area contributed by atoms with Crippen LogP contribution < -0.4 is 5.32 Å². The molecule has 2 N–H and O–H groups in total. The molecular formula is C13H18ClNOS. The first-order valence-electron chi connectivity index (χ1n) is 5.93. The fraction of sp³-hybridized carbons (Fsp3) is 0.538. The van der Waals surface area contributed by atoms with Gasteiger partial charge in [-0.05, 0) is 37.7 Å². The van der Waals surface area contributed by atoms with E-state index >= 15 is 0 Å². The van der Waals surface area contributed by atoms with E-state index in [0.717, 1.165) is 10.8 Å². The van der Waals surface area contributed by atoms with E-state index < -0.39 is 0 Å². The van der Waals surface area contributed by atoms with Crippen molar-refractivity contribution in [2.24, 2.45) is 0 Å². The quantitative estimate of drug-likeness (QED) is 0.880. The fourth-order valence-electron chi connectivity index (χ4n) is 2.31. The fourth-order valence-corrected chi connectivity index (χ4v) is 3.34. The zero-order valence-electron chi connectivity index (χ0n) is 9.95. The highest BCUT2D eigenvalue weighted by atomic mass is 35.5. The lowest BCUT2D eigenvalue weighted by Gasteiger charge is -2.14. The minimum Gasteiger partial charge on any atom is -0.508 e. The number of nitrogens with one attached hydrogen (secondary N) is 1. The van der Waals surface area contributed by atoms with Crippen molar-refractivity contribution in [2.75, 3.05) is 6.26 Å². The summed E-state index contributed by atoms with van der Waals surface area (Å²) in [5.41, 5.74) is 0.807. The topological polar surface area (TPSA) is 32.3 Å². The lowest BCUT2D eigenvalue weighted by molar-refractivity contribution is 0.456. The average Bonchev–Trinajstić information content (AvgIpc) is 2.76. The van der Waals surface area contributed by atoms with Crippen molar-refractivity contribution in [3.8, 4) is 5.75 Å². The second kappa shape index (κ2) is 5.98. The zero-order valence-corrected chi connectivity index (χ0v) is 11.5. The Kier molecular flexibility index (Phi) is 4.60. The van der Waals surface area contributed by atoms with Crippen molar-refractivity contribution in [2.45, 2.75) is 37.1 Å². The summed E-state index contributed by atoms with van der Waals surface area (Å²) in [6, 6.07) is 5.82. The van der Waals surface area contributed by atoms with E-state index in [1.54, 1.807) is 12.1 Å². The second-order valence-corrected chi connectivity index (χ2v) is 6.03. The van der Waals surface area contributed by atoms with Crippen LogP contribution in [0.15, 0.2) is 18.2 Å². The Labute approximate surface area is 112 Å². The number of benzene rings is 1. The lowest BCUT2D eigenvalue weighted by atomic mass is 10.1. The van der Waals surface area contributed by atoms with Crippen LogP contribution in [0.2, 0.25) is 5.02 Å². The number of rotatable bonds is 4. The van der Waals surface area contributed by atoms with E-state index in [1.807, 2.05) is 17.8 Å². The largest absolute Gasteiger partial charge is 0.508 e. The summed E-state index contributed by atoms with van der Waals surface area (Å²) in [7, 11) is 0. The van der Waals surface area contributed by atoms with Gasteiger partial charge in [-0.1, -0.05) is 17.7 Å². The summed E-state index contributed by atoms with van der Waals surface area (Å²) in [5.74, 6) is 0.282. The van der Waals surface area contributed by atoms with E-state index in [-0.39, 0.29) is 5.75 Å². The summed E-state index contributed by atoms with van der Waals surface area (Å²) >= 11 is 8.02. The van der Waals surface area contributed by atoms with Crippen LogP contribution in [0, 0.1) is 0 Å². The molecule has 1 saturated carbocycles. The number of hydrogen-bond acceptors (Lipinski definition) is 3. The van der Waals surface area contributed by atoms with Crippen LogP contribution in [0.1, 0.15) is 24.8 Å². The highest BCUT2D eigenvalue weighted by Gasteiger charge is 2.23. The van der Waals surface area contributed by atoms with Crippen molar-refractivity contribution in [1.29, 1.82) is 0 Å². The summed E-state index contributed by atoms with van der Waals surface area (Å²) in [6.45, 7) is 0.650. The standard InChI is InChI=1S/C13H18ClNOS/c1-17-10-6-5-9(7-10)15-8-11-12(14)3-2-4-13(11)16/h2-4,9-10,15-16H,5-8H2,1H3. The predicted molar refractivity (Wildman–Crippen MR) is 74.9 cm³/mol. The number of thioether (sulfide) groups is 1. The highest BCUT2D eigenvalue weighted by molar-refractivity contribution is 7.99. The maximum Gasteiger partial charge on any atom is 0.121 e. The van der Waals surface area contributed by atoms with Crippen molar-refractivity contribution in [1.82, 2.24) is 5.32 Å². The molecule has 0 aliphatic heterocycles. The summed E-state index contributed by atoms with van der Waals surface area (Å²) in [4.78, 5) is 0. The Morgan fingerprint density at radius 1 is 1.47 bits per heavy atom. The Bertz CT molecular complexity index is 365. The number of phenolic OH excluding ortho intramolecular Hbond substituents is 1. The molecule has 2 rings (SSSR count). The molecule has 2 unspecified atom stereocenters. The maximum atomic E-state index is 9.73. The third-order valence-corrected chi connectivity index (χ3v) is 4.83. The molecule has 4 heteroatoms. The van der Waals surface area contributed by atoms with Crippen LogP contribution in [0.5, 0.6) is 5.75 Å². The van der Waals surface area contributed by atoms with Crippen LogP contribution in [-0.4, -0.2) is 22.7 Å². The molecule has 0 aromatic heterocycles. The Balaban J connectivity index is 1.90. The maximum absolute atomic E-state index is 9.73. The number of phenols is 1. The summed E-state index contributed by atoms with van der Waals surface area (Å²) < 4.78 is 0. The average molecular weight is 272 g/mol. The van der Waals surface area contributed by atoms with E-state index in [2.05, 4.69) is 11.6 Å². The van der Waals surface area contributed by atoms with E-state index in [9.17, 15) is 5.11 Å². The Hall–Kier alpha value is -0.380. The van der Waals surface area contributed by atoms with Crippen molar-refractivity contribution in [3.63, 3.8) is 0 Å². The van der Waals surface area contributed by atoms with Crippen LogP contribution in [0.3, 0.4) is 0 Å². The van der Waals surface area contributed by atoms with Crippen LogP contribution >= 0.6 is 23.4 Å². The monoisotopic (exact) mass is 271 g/mol. The number of aromatic hydroxyl groups is 1. The smallest absolute Gasteiger partial charge is 0.121 e. The first kappa shape index (κ1) is 13.1. The van der Waals surface area contributed by atoms with Gasteiger partial charge in [0.1, 0.15) is 5.75 Å². The lowest BCUT2D eigenvalue weighted by Crippen LogP contribution is -2.26. The normalized spacial score (nSPS) is 24.1. The van der Waals surface area contributed by atoms with Crippen LogP contribution in [0.25, 0.3) is 0 Å². The minimum atomic E-state index is 0.282. The van der Waals surface area contributed by atoms with Gasteiger partial charge in [0.2, 0.25) is 0 Å². The Morgan fingerprint density at radius 3 is 2.94 bits per heavy atom. The van der Waals surface area contributed by atoms with Crippen molar-refractivity contribution in [3.05, 3.63) is 28.8 Å². The molecular weight excluding hydrogens is 254 g/mol. The highest BCUT2D eigenvalue weighted by Crippen LogP contribution is 2.30. The third kappa shape index (κ3) is 3.30. The number of hydrogen-bond donors (Lipinski definition) is 2. The SMILES string of the molecule is CSC1CCC(NCc2c(O)cccc2Cl)C1. The summed E-state index contributed by atoms with van der Waals surface area (Å²) in [5, 5.41) is 14.6. The van der Waals surface area contributed by atoms with Gasteiger partial charge < -0.3 is 10.4 Å². The van der Waals surface area contributed by atoms with Gasteiger partial charge in [-0.3, -0.25) is 0 Å². The van der Waals surface area contributed by atoms with Gasteiger partial charge >= 0.3 is 0 Å². The number of halogens is 1. The molecule has 1 aliphatic rings. The van der Waals surface area contributed by atoms with Crippen molar-refractivity contribution >= 4 is 23.4 Å². The molecule has 17 heavy (non-hydrogen) atoms. The van der Waals surface area contributed by atoms with Crippen LogP contribution in [-0.2, 0) is 6.54 Å². The van der Waals surface area contributed by atoms with Gasteiger partial charge in [-0.2, -0.15) is 11.8 Å². The first-order valence-corrected chi connectivity index (χ1v) is 7.60. The molecule has 2 nitrogen and oxygen atoms in total. The van der Waals surface area contributed by atoms with Gasteiger partial charge in [0.05, 0.1) is 0 Å². The molecule has 1 aromatic rings. The molecule has 2 atom stereocenters. The first-order chi connectivity index (χ1) is 8.20. The van der Waals surface area contributed by atoms with Gasteiger partial charge in [-0.15, -0.1) is 0 Å². The molecule has 94 valence electrons. The van der Waals surface area contributed by atoms with E-state index in [0.29, 0.717) is 17.6 Å². The van der Waals surface area contributed by atoms with Crippen LogP contribution in [0.4, 0.5) is 0 Å². The molecule has 0 spiro atoms. The van der Waals surface area contributed by atoms with Gasteiger partial charge in [0.25, 0.3) is 0 Å². The van der Waals surface area contributed by atoms with Crippen molar-refractivity contribution < 1.29 is 5.11 Å². The molecule has 1 fully saturated rings. The van der Waals surface area contributed by atoms with Gasteiger partial charge in [-0.25, -0.2) is 0 Å². The molecule has 0 saturated heterocycles. The van der Waals surface area contributed by atoms with E-state index in [1.165, 1.54) is 19.3 Å². The Morgan fingerprint density at radius 2 is 2.29 bits per heavy atom. The molecule has 0 bridgehead atoms. The zero-order chi connectivity index (χ0) is 12.3. The van der Waals surface area contributed by atoms with Gasteiger partial charge in [0, 0.05) is 28.4 Å². The molecule has 1 aromatic carbocycles. The third-order valence-electron chi connectivity index (χ3n) is 3.38. The molecule has 1 aliphatic carbocycles. The molecule has 0 radical (unpaired) electrons. The molecule has 0 amide bonds. The minimum absolute atomic E-state index is 0.282. The second-order valence-electron chi connectivity index (χ2n) is 4.49. The van der Waals surface area contributed by atoms with E-state index in [4.69, 9.17) is 11.6 Å². The molecule has 0 heterocycles. The van der Waals surface area contributed by atoms with Gasteiger partial charge in [0.15, 0.2) is 0 Å².